The van der Waals surface area contributed by atoms with Gasteiger partial charge in [-0.3, -0.25) is 4.79 Å². The normalized spacial score (nSPS) is 10.8. The molecule has 0 aliphatic carbocycles. The molecule has 0 aliphatic rings. The van der Waals surface area contributed by atoms with Gasteiger partial charge in [0.2, 0.25) is 0 Å². The number of Topliss-reactive ketones (excluding diaryl/α,β-unsaturated/α-hetero) is 1. The van der Waals surface area contributed by atoms with E-state index in [0.29, 0.717) is 28.0 Å². The zero-order chi connectivity index (χ0) is 17.8. The fourth-order valence-corrected chi connectivity index (χ4v) is 3.44. The molecule has 25 heavy (non-hydrogen) atoms. The first kappa shape index (κ1) is 17.5. The molecule has 0 bridgehead atoms. The number of nitrogens with two attached hydrogens (primary N) is 1. The maximum absolute atomic E-state index is 12.3. The first-order valence-corrected chi connectivity index (χ1v) is 9.15. The number of aromatic nitrogens is 3. The Bertz CT molecular complexity index is 892. The summed E-state index contributed by atoms with van der Waals surface area (Å²) < 4.78 is 1.98. The van der Waals surface area contributed by atoms with Crippen LogP contribution >= 0.6 is 23.4 Å². The number of halogens is 1. The van der Waals surface area contributed by atoms with Crippen LogP contribution in [0.5, 0.6) is 0 Å². The minimum Gasteiger partial charge on any atom is -0.399 e. The highest BCUT2D eigenvalue weighted by Crippen LogP contribution is 2.25. The Morgan fingerprint density at radius 2 is 1.96 bits per heavy atom. The number of ketones is 1. The van der Waals surface area contributed by atoms with Gasteiger partial charge in [0.15, 0.2) is 16.8 Å². The topological polar surface area (TPSA) is 73.8 Å². The third-order valence-corrected chi connectivity index (χ3v) is 4.90. The van der Waals surface area contributed by atoms with Crippen molar-refractivity contribution in [2.45, 2.75) is 18.6 Å². The van der Waals surface area contributed by atoms with Gasteiger partial charge in [0.05, 0.1) is 5.75 Å². The van der Waals surface area contributed by atoms with Crippen molar-refractivity contribution >= 4 is 34.8 Å². The minimum absolute atomic E-state index is 0.0258. The van der Waals surface area contributed by atoms with Crippen LogP contribution in [-0.4, -0.2) is 26.3 Å². The van der Waals surface area contributed by atoms with Crippen LogP contribution in [0.4, 0.5) is 5.69 Å². The van der Waals surface area contributed by atoms with Crippen LogP contribution < -0.4 is 5.73 Å². The van der Waals surface area contributed by atoms with E-state index in [-0.39, 0.29) is 11.5 Å². The van der Waals surface area contributed by atoms with Gasteiger partial charge in [-0.1, -0.05) is 35.5 Å². The molecule has 0 atom stereocenters. The van der Waals surface area contributed by atoms with Gasteiger partial charge in [0.1, 0.15) is 0 Å². The number of rotatable bonds is 6. The van der Waals surface area contributed by atoms with Gasteiger partial charge >= 0.3 is 0 Å². The summed E-state index contributed by atoms with van der Waals surface area (Å²) in [5.41, 5.74) is 8.07. The molecule has 5 nitrogen and oxygen atoms in total. The summed E-state index contributed by atoms with van der Waals surface area (Å²) in [5.74, 6) is 1.06. The van der Waals surface area contributed by atoms with E-state index in [1.807, 2.05) is 35.8 Å². The van der Waals surface area contributed by atoms with Gasteiger partial charge in [0, 0.05) is 28.4 Å². The highest BCUT2D eigenvalue weighted by atomic mass is 35.5. The Balaban J connectivity index is 1.77. The molecular formula is C18H17ClN4OS. The van der Waals surface area contributed by atoms with Crippen LogP contribution in [0.2, 0.25) is 5.02 Å². The Labute approximate surface area is 155 Å². The number of nitrogens with zero attached hydrogens (tertiary/aromatic N) is 3. The number of hydrogen-bond acceptors (Lipinski definition) is 5. The van der Waals surface area contributed by atoms with E-state index in [2.05, 4.69) is 10.2 Å². The van der Waals surface area contributed by atoms with Crippen LogP contribution in [-0.2, 0) is 6.54 Å². The molecule has 7 heteroatoms. The summed E-state index contributed by atoms with van der Waals surface area (Å²) in [6.07, 6.45) is 0. The number of carbonyl (C=O) groups excluding carboxylic acids is 1. The lowest BCUT2D eigenvalue weighted by molar-refractivity contribution is 0.102. The van der Waals surface area contributed by atoms with Crippen molar-refractivity contribution in [2.24, 2.45) is 0 Å². The first-order chi connectivity index (χ1) is 12.1. The Morgan fingerprint density at radius 1 is 1.20 bits per heavy atom. The fraction of sp³-hybridized carbons (Fsp3) is 0.167. The molecule has 0 saturated carbocycles. The van der Waals surface area contributed by atoms with Crippen molar-refractivity contribution in [3.63, 3.8) is 0 Å². The predicted molar refractivity (Wildman–Crippen MR) is 102 cm³/mol. The molecule has 3 rings (SSSR count). The third kappa shape index (κ3) is 4.03. The van der Waals surface area contributed by atoms with Crippen LogP contribution in [0.3, 0.4) is 0 Å². The first-order valence-electron chi connectivity index (χ1n) is 7.79. The SMILES string of the molecule is CCn1c(SCC(=O)c2ccc(Cl)cc2)nnc1-c1cccc(N)c1. The van der Waals surface area contributed by atoms with E-state index in [1.165, 1.54) is 11.8 Å². The summed E-state index contributed by atoms with van der Waals surface area (Å²) in [4.78, 5) is 12.3. The van der Waals surface area contributed by atoms with Crippen molar-refractivity contribution in [3.8, 4) is 11.4 Å². The third-order valence-electron chi connectivity index (χ3n) is 3.68. The van der Waals surface area contributed by atoms with Crippen LogP contribution in [0, 0.1) is 0 Å². The number of nitrogen functional groups attached to an aromatic ring is 1. The number of anilines is 1. The van der Waals surface area contributed by atoms with Crippen LogP contribution in [0.1, 0.15) is 17.3 Å². The predicted octanol–water partition coefficient (Wildman–Crippen LogP) is 4.18. The number of carbonyl (C=O) groups is 1. The van der Waals surface area contributed by atoms with Gasteiger partial charge in [-0.2, -0.15) is 0 Å². The second kappa shape index (κ2) is 7.72. The standard InChI is InChI=1S/C18H17ClN4OS/c1-2-23-17(13-4-3-5-15(20)10-13)21-22-18(23)25-11-16(24)12-6-8-14(19)9-7-12/h3-10H,2,11,20H2,1H3. The molecule has 0 unspecified atom stereocenters. The highest BCUT2D eigenvalue weighted by molar-refractivity contribution is 7.99. The van der Waals surface area contributed by atoms with E-state index in [9.17, 15) is 4.79 Å². The van der Waals surface area contributed by atoms with Crippen LogP contribution in [0.25, 0.3) is 11.4 Å². The second-order valence-electron chi connectivity index (χ2n) is 5.39. The molecule has 1 heterocycles. The lowest BCUT2D eigenvalue weighted by Gasteiger charge is -2.07. The van der Waals surface area contributed by atoms with Crippen molar-refractivity contribution in [1.29, 1.82) is 0 Å². The lowest BCUT2D eigenvalue weighted by Crippen LogP contribution is -2.05. The van der Waals surface area contributed by atoms with Gasteiger partial charge in [0.25, 0.3) is 0 Å². The second-order valence-corrected chi connectivity index (χ2v) is 6.77. The molecule has 0 spiro atoms. The van der Waals surface area contributed by atoms with E-state index in [4.69, 9.17) is 17.3 Å². The largest absolute Gasteiger partial charge is 0.399 e. The molecule has 2 N–H and O–H groups in total. The average molecular weight is 373 g/mol. The quantitative estimate of drug-likeness (QED) is 0.399. The molecular weight excluding hydrogens is 356 g/mol. The molecule has 0 radical (unpaired) electrons. The number of hydrogen-bond donors (Lipinski definition) is 1. The van der Waals surface area contributed by atoms with E-state index in [1.54, 1.807) is 24.3 Å². The van der Waals surface area contributed by atoms with Crippen molar-refractivity contribution in [3.05, 3.63) is 59.1 Å². The molecule has 0 amide bonds. The average Bonchev–Trinajstić information content (AvgIpc) is 3.03. The molecule has 0 aliphatic heterocycles. The molecule has 2 aromatic carbocycles. The maximum Gasteiger partial charge on any atom is 0.191 e. The van der Waals surface area contributed by atoms with Crippen molar-refractivity contribution in [2.75, 3.05) is 11.5 Å². The van der Waals surface area contributed by atoms with E-state index in [0.717, 1.165) is 11.4 Å². The maximum atomic E-state index is 12.3. The Kier molecular flexibility index (Phi) is 5.40. The van der Waals surface area contributed by atoms with Crippen molar-refractivity contribution in [1.82, 2.24) is 14.8 Å². The summed E-state index contributed by atoms with van der Waals surface area (Å²) in [7, 11) is 0. The molecule has 128 valence electrons. The number of benzene rings is 2. The van der Waals surface area contributed by atoms with E-state index >= 15 is 0 Å². The molecule has 0 saturated heterocycles. The minimum atomic E-state index is 0.0258. The van der Waals surface area contributed by atoms with Gasteiger partial charge < -0.3 is 10.3 Å². The van der Waals surface area contributed by atoms with Gasteiger partial charge in [-0.25, -0.2) is 0 Å². The van der Waals surface area contributed by atoms with Crippen LogP contribution in [0.15, 0.2) is 53.7 Å². The van der Waals surface area contributed by atoms with Crippen molar-refractivity contribution < 1.29 is 4.79 Å². The van der Waals surface area contributed by atoms with Gasteiger partial charge in [-0.05, 0) is 43.3 Å². The monoisotopic (exact) mass is 372 g/mol. The zero-order valence-corrected chi connectivity index (χ0v) is 15.2. The summed E-state index contributed by atoms with van der Waals surface area (Å²) >= 11 is 7.23. The molecule has 0 fully saturated rings. The van der Waals surface area contributed by atoms with E-state index < -0.39 is 0 Å². The fourth-order valence-electron chi connectivity index (χ4n) is 2.42. The van der Waals surface area contributed by atoms with Gasteiger partial charge in [-0.15, -0.1) is 10.2 Å². The summed E-state index contributed by atoms with van der Waals surface area (Å²) in [6.45, 7) is 2.72. The Morgan fingerprint density at radius 3 is 2.64 bits per heavy atom. The molecule has 3 aromatic rings. The summed E-state index contributed by atoms with van der Waals surface area (Å²) in [6, 6.07) is 14.4. The summed E-state index contributed by atoms with van der Waals surface area (Å²) in [5, 5.41) is 9.83. The Hall–Kier alpha value is -2.31. The highest BCUT2D eigenvalue weighted by Gasteiger charge is 2.15. The smallest absolute Gasteiger partial charge is 0.191 e. The number of thioether (sulfide) groups is 1. The lowest BCUT2D eigenvalue weighted by atomic mass is 10.1. The zero-order valence-electron chi connectivity index (χ0n) is 13.6. The molecule has 1 aromatic heterocycles.